The van der Waals surface area contributed by atoms with Crippen molar-refractivity contribution in [2.24, 2.45) is 10.2 Å². The highest BCUT2D eigenvalue weighted by atomic mass is 79.9. The van der Waals surface area contributed by atoms with Gasteiger partial charge in [0.05, 0.1) is 0 Å². The molecular formula is C10H4BrF3N2. The molecule has 82 valence electrons. The van der Waals surface area contributed by atoms with Crippen LogP contribution in [-0.2, 0) is 5.66 Å². The zero-order valence-corrected chi connectivity index (χ0v) is 9.30. The standard InChI is InChI=1S/C10H4BrF3N2/c11-6-5-7-1-3-8(4-2-7)9(15-16-9)10(12,13)14/h1-4H. The first-order chi connectivity index (χ1) is 7.49. The number of alkyl halides is 3. The Morgan fingerprint density at radius 1 is 1.12 bits per heavy atom. The van der Waals surface area contributed by atoms with Crippen LogP contribution in [0.15, 0.2) is 34.5 Å². The molecule has 0 amide bonds. The van der Waals surface area contributed by atoms with Crippen molar-refractivity contribution in [2.45, 2.75) is 11.8 Å². The lowest BCUT2D eigenvalue weighted by Crippen LogP contribution is -2.29. The van der Waals surface area contributed by atoms with Crippen LogP contribution in [0.4, 0.5) is 13.2 Å². The maximum Gasteiger partial charge on any atom is 0.442 e. The molecule has 0 aliphatic carbocycles. The summed E-state index contributed by atoms with van der Waals surface area (Å²) in [5.41, 5.74) is -1.70. The minimum Gasteiger partial charge on any atom is -0.166 e. The molecule has 0 saturated carbocycles. The van der Waals surface area contributed by atoms with E-state index in [9.17, 15) is 13.2 Å². The number of hydrogen-bond acceptors (Lipinski definition) is 2. The third-order valence-electron chi connectivity index (χ3n) is 2.17. The molecule has 1 aliphatic heterocycles. The van der Waals surface area contributed by atoms with Crippen LogP contribution in [0.3, 0.4) is 0 Å². The normalized spacial score (nSPS) is 16.5. The van der Waals surface area contributed by atoms with Crippen molar-refractivity contribution in [3.05, 3.63) is 35.4 Å². The number of nitrogens with zero attached hydrogens (tertiary/aromatic N) is 2. The first-order valence-electron chi connectivity index (χ1n) is 4.22. The van der Waals surface area contributed by atoms with Crippen LogP contribution in [0.5, 0.6) is 0 Å². The third-order valence-corrected chi connectivity index (χ3v) is 2.37. The fourth-order valence-corrected chi connectivity index (χ4v) is 1.51. The van der Waals surface area contributed by atoms with Gasteiger partial charge in [-0.15, -0.1) is 10.2 Å². The Balaban J connectivity index is 2.32. The molecule has 16 heavy (non-hydrogen) atoms. The minimum absolute atomic E-state index is 0.0140. The van der Waals surface area contributed by atoms with Gasteiger partial charge in [-0.25, -0.2) is 0 Å². The van der Waals surface area contributed by atoms with E-state index in [1.54, 1.807) is 0 Å². The molecule has 0 aromatic heterocycles. The molecule has 1 aliphatic rings. The van der Waals surface area contributed by atoms with Crippen molar-refractivity contribution in [2.75, 3.05) is 0 Å². The summed E-state index contributed by atoms with van der Waals surface area (Å²) in [7, 11) is 0. The molecule has 0 atom stereocenters. The molecule has 2 nitrogen and oxygen atoms in total. The summed E-state index contributed by atoms with van der Waals surface area (Å²) in [6.07, 6.45) is -4.48. The predicted octanol–water partition coefficient (Wildman–Crippen LogP) is 3.57. The van der Waals surface area contributed by atoms with E-state index in [2.05, 4.69) is 36.9 Å². The average molecular weight is 289 g/mol. The second kappa shape index (κ2) is 3.59. The highest BCUT2D eigenvalue weighted by molar-refractivity contribution is 9.12. The lowest BCUT2D eigenvalue weighted by Gasteiger charge is -2.14. The second-order valence-electron chi connectivity index (χ2n) is 3.17. The first-order valence-corrected chi connectivity index (χ1v) is 5.02. The Labute approximate surface area is 97.7 Å². The summed E-state index contributed by atoms with van der Waals surface area (Å²) in [6, 6.07) is 5.67. The average Bonchev–Trinajstić information content (AvgIpc) is 2.99. The molecule has 0 saturated heterocycles. The monoisotopic (exact) mass is 288 g/mol. The summed E-state index contributed by atoms with van der Waals surface area (Å²) < 4.78 is 37.8. The predicted molar refractivity (Wildman–Crippen MR) is 54.8 cm³/mol. The largest absolute Gasteiger partial charge is 0.442 e. The third kappa shape index (κ3) is 1.71. The lowest BCUT2D eigenvalue weighted by molar-refractivity contribution is -0.166. The second-order valence-corrected chi connectivity index (χ2v) is 3.56. The highest BCUT2D eigenvalue weighted by Gasteiger charge is 2.65. The van der Waals surface area contributed by atoms with Crippen LogP contribution in [0.1, 0.15) is 11.1 Å². The summed E-state index contributed by atoms with van der Waals surface area (Å²) in [4.78, 5) is 2.48. The van der Waals surface area contributed by atoms with E-state index in [-0.39, 0.29) is 5.56 Å². The SMILES string of the molecule is FC(F)(F)C1(c2ccc(C#CBr)cc2)N=N1. The molecule has 0 N–H and O–H groups in total. The molecule has 1 aromatic carbocycles. The Kier molecular flexibility index (Phi) is 2.50. The molecule has 2 rings (SSSR count). The Hall–Kier alpha value is -1.35. The van der Waals surface area contributed by atoms with E-state index >= 15 is 0 Å². The van der Waals surface area contributed by atoms with E-state index in [1.165, 1.54) is 24.3 Å². The van der Waals surface area contributed by atoms with E-state index in [4.69, 9.17) is 0 Å². The van der Waals surface area contributed by atoms with Crippen molar-refractivity contribution >= 4 is 15.9 Å². The topological polar surface area (TPSA) is 24.7 Å². The maximum absolute atomic E-state index is 12.6. The van der Waals surface area contributed by atoms with Gasteiger partial charge in [0.2, 0.25) is 0 Å². The van der Waals surface area contributed by atoms with Gasteiger partial charge in [-0.1, -0.05) is 18.1 Å². The van der Waals surface area contributed by atoms with E-state index < -0.39 is 11.8 Å². The highest BCUT2D eigenvalue weighted by Crippen LogP contribution is 2.52. The maximum atomic E-state index is 12.6. The van der Waals surface area contributed by atoms with Gasteiger partial charge in [0, 0.05) is 27.1 Å². The number of halogens is 4. The molecule has 0 radical (unpaired) electrons. The van der Waals surface area contributed by atoms with Crippen LogP contribution in [0.25, 0.3) is 0 Å². The van der Waals surface area contributed by atoms with E-state index in [0.29, 0.717) is 5.56 Å². The minimum atomic E-state index is -4.48. The van der Waals surface area contributed by atoms with Gasteiger partial charge >= 0.3 is 11.8 Å². The molecule has 1 heterocycles. The Bertz CT molecular complexity index is 488. The van der Waals surface area contributed by atoms with E-state index in [0.717, 1.165) is 0 Å². The zero-order valence-electron chi connectivity index (χ0n) is 7.72. The molecule has 0 fully saturated rings. The summed E-state index contributed by atoms with van der Waals surface area (Å²) >= 11 is 2.91. The molecule has 0 spiro atoms. The summed E-state index contributed by atoms with van der Waals surface area (Å²) in [5, 5.41) is 6.21. The van der Waals surface area contributed by atoms with Crippen LogP contribution in [0.2, 0.25) is 0 Å². The molecular weight excluding hydrogens is 285 g/mol. The van der Waals surface area contributed by atoms with Gasteiger partial charge in [0.25, 0.3) is 0 Å². The van der Waals surface area contributed by atoms with Crippen LogP contribution in [-0.4, -0.2) is 6.18 Å². The van der Waals surface area contributed by atoms with Crippen molar-refractivity contribution < 1.29 is 13.2 Å². The number of benzene rings is 1. The molecule has 6 heteroatoms. The van der Waals surface area contributed by atoms with Crippen molar-refractivity contribution in [3.8, 4) is 10.8 Å². The fraction of sp³-hybridized carbons (Fsp3) is 0.200. The number of hydrogen-bond donors (Lipinski definition) is 0. The van der Waals surface area contributed by atoms with Crippen LogP contribution < -0.4 is 0 Å². The summed E-state index contributed by atoms with van der Waals surface area (Å²) in [6.45, 7) is 0. The lowest BCUT2D eigenvalue weighted by atomic mass is 10.0. The smallest absolute Gasteiger partial charge is 0.166 e. The van der Waals surface area contributed by atoms with Gasteiger partial charge in [-0.3, -0.25) is 0 Å². The van der Waals surface area contributed by atoms with Gasteiger partial charge in [-0.05, 0) is 17.0 Å². The number of rotatable bonds is 1. The summed E-state index contributed by atoms with van der Waals surface area (Å²) in [5.74, 6) is 2.67. The van der Waals surface area contributed by atoms with E-state index in [1.807, 2.05) is 0 Å². The van der Waals surface area contributed by atoms with Crippen LogP contribution in [0, 0.1) is 10.8 Å². The van der Waals surface area contributed by atoms with Crippen LogP contribution >= 0.6 is 15.9 Å². The van der Waals surface area contributed by atoms with Gasteiger partial charge in [0.1, 0.15) is 0 Å². The van der Waals surface area contributed by atoms with Crippen molar-refractivity contribution in [3.63, 3.8) is 0 Å². The van der Waals surface area contributed by atoms with Crippen molar-refractivity contribution in [1.29, 1.82) is 0 Å². The molecule has 0 unspecified atom stereocenters. The van der Waals surface area contributed by atoms with Gasteiger partial charge < -0.3 is 0 Å². The first kappa shape index (κ1) is 11.1. The Morgan fingerprint density at radius 2 is 1.69 bits per heavy atom. The van der Waals surface area contributed by atoms with Gasteiger partial charge in [-0.2, -0.15) is 13.2 Å². The molecule has 0 bridgehead atoms. The van der Waals surface area contributed by atoms with Crippen molar-refractivity contribution in [1.82, 2.24) is 0 Å². The molecule has 1 aromatic rings. The van der Waals surface area contributed by atoms with Gasteiger partial charge in [0.15, 0.2) is 0 Å². The zero-order chi connectivity index (χ0) is 11.8. The Morgan fingerprint density at radius 3 is 2.06 bits per heavy atom. The fourth-order valence-electron chi connectivity index (χ4n) is 1.28. The quantitative estimate of drug-likeness (QED) is 0.706.